The van der Waals surface area contributed by atoms with Gasteiger partial charge in [-0.2, -0.15) is 36.7 Å². The topological polar surface area (TPSA) is 83.6 Å². The smallest absolute Gasteiger partial charge is 0.334 e. The zero-order chi connectivity index (χ0) is 28.3. The molecule has 1 N–H and O–H groups in total. The lowest BCUT2D eigenvalue weighted by Crippen LogP contribution is -2.50. The van der Waals surface area contributed by atoms with Crippen LogP contribution in [0, 0.1) is 25.2 Å². The Hall–Kier alpha value is -3.66. The number of nitriles is 1. The summed E-state index contributed by atoms with van der Waals surface area (Å²) < 4.78 is 95.1. The third-order valence-electron chi connectivity index (χ3n) is 6.22. The number of rotatable bonds is 5. The summed E-state index contributed by atoms with van der Waals surface area (Å²) in [6.45, 7) is 2.46. The van der Waals surface area contributed by atoms with Crippen molar-refractivity contribution in [3.63, 3.8) is 0 Å². The maximum absolute atomic E-state index is 14.6. The molecular weight excluding hydrogens is 543 g/mol. The van der Waals surface area contributed by atoms with Gasteiger partial charge >= 0.3 is 18.0 Å². The fourth-order valence-corrected chi connectivity index (χ4v) is 4.23. The second-order valence-corrected chi connectivity index (χ2v) is 9.35. The van der Waals surface area contributed by atoms with Crippen LogP contribution in [-0.2, 0) is 5.67 Å². The first-order chi connectivity index (χ1) is 17.5. The molecule has 0 unspecified atom stereocenters. The SMILES string of the molecule is Cc1cc(C(F)(C(F)(F)F)C(F)(F)F)cc(C)c1-n1cc(-c2cnc(Cl)c(C(=O)NC3(C#N)CC3)c2)cn1. The molecule has 4 rings (SSSR count). The Morgan fingerprint density at radius 3 is 2.11 bits per heavy atom. The number of carbonyl (C=O) groups excluding carboxylic acids is 1. The number of amides is 1. The fourth-order valence-electron chi connectivity index (χ4n) is 4.04. The number of benzene rings is 1. The lowest BCUT2D eigenvalue weighted by atomic mass is 9.90. The molecule has 0 atom stereocenters. The van der Waals surface area contributed by atoms with Crippen molar-refractivity contribution in [1.29, 1.82) is 5.26 Å². The molecular formula is C24H17ClF7N5O. The minimum atomic E-state index is -6.23. The van der Waals surface area contributed by atoms with Gasteiger partial charge in [-0.3, -0.25) is 4.79 Å². The molecule has 1 aliphatic carbocycles. The Morgan fingerprint density at radius 2 is 1.61 bits per heavy atom. The summed E-state index contributed by atoms with van der Waals surface area (Å²) in [7, 11) is 0. The molecule has 1 aliphatic rings. The van der Waals surface area contributed by atoms with E-state index in [1.165, 1.54) is 43.2 Å². The number of hydrogen-bond acceptors (Lipinski definition) is 4. The molecule has 1 amide bonds. The van der Waals surface area contributed by atoms with Crippen molar-refractivity contribution in [1.82, 2.24) is 20.1 Å². The Morgan fingerprint density at radius 1 is 1.03 bits per heavy atom. The summed E-state index contributed by atoms with van der Waals surface area (Å²) in [5.74, 6) is -0.609. The summed E-state index contributed by atoms with van der Waals surface area (Å²) in [6, 6.07) is 4.40. The van der Waals surface area contributed by atoms with Crippen LogP contribution in [-0.4, -0.2) is 38.6 Å². The van der Waals surface area contributed by atoms with Crippen molar-refractivity contribution in [2.24, 2.45) is 0 Å². The predicted molar refractivity (Wildman–Crippen MR) is 121 cm³/mol. The zero-order valence-electron chi connectivity index (χ0n) is 19.6. The van der Waals surface area contributed by atoms with Crippen molar-refractivity contribution in [3.05, 3.63) is 64.2 Å². The van der Waals surface area contributed by atoms with Crippen molar-refractivity contribution >= 4 is 17.5 Å². The van der Waals surface area contributed by atoms with E-state index in [1.807, 2.05) is 6.07 Å². The lowest BCUT2D eigenvalue weighted by Gasteiger charge is -2.31. The lowest BCUT2D eigenvalue weighted by molar-refractivity contribution is -0.348. The Kier molecular flexibility index (Phi) is 6.46. The number of nitrogens with one attached hydrogen (secondary N) is 1. The zero-order valence-corrected chi connectivity index (χ0v) is 20.4. The highest BCUT2D eigenvalue weighted by atomic mass is 35.5. The summed E-state index contributed by atoms with van der Waals surface area (Å²) in [5.41, 5.74) is -7.39. The highest BCUT2D eigenvalue weighted by Gasteiger charge is 2.73. The molecule has 6 nitrogen and oxygen atoms in total. The summed E-state index contributed by atoms with van der Waals surface area (Å²) >= 11 is 6.06. The van der Waals surface area contributed by atoms with Crippen LogP contribution in [0.1, 0.15) is 39.9 Å². The molecule has 38 heavy (non-hydrogen) atoms. The molecule has 200 valence electrons. The van der Waals surface area contributed by atoms with E-state index in [0.29, 0.717) is 36.1 Å². The largest absolute Gasteiger partial charge is 0.435 e. The van der Waals surface area contributed by atoms with E-state index in [2.05, 4.69) is 15.4 Å². The van der Waals surface area contributed by atoms with Gasteiger partial charge < -0.3 is 5.32 Å². The minimum absolute atomic E-state index is 0.00579. The molecule has 2 heterocycles. The van der Waals surface area contributed by atoms with Crippen molar-refractivity contribution in [2.75, 3.05) is 0 Å². The van der Waals surface area contributed by atoms with E-state index in [4.69, 9.17) is 11.6 Å². The van der Waals surface area contributed by atoms with Crippen LogP contribution in [0.25, 0.3) is 16.8 Å². The van der Waals surface area contributed by atoms with Crippen LogP contribution in [0.2, 0.25) is 5.15 Å². The van der Waals surface area contributed by atoms with Gasteiger partial charge in [0, 0.05) is 29.1 Å². The number of nitrogens with zero attached hydrogens (tertiary/aromatic N) is 4. The molecule has 2 aromatic heterocycles. The van der Waals surface area contributed by atoms with E-state index in [0.717, 1.165) is 0 Å². The number of carbonyl (C=O) groups is 1. The fraction of sp³-hybridized carbons (Fsp3) is 0.333. The number of alkyl halides is 7. The third kappa shape index (κ3) is 4.57. The van der Waals surface area contributed by atoms with E-state index in [9.17, 15) is 40.8 Å². The Balaban J connectivity index is 1.70. The van der Waals surface area contributed by atoms with E-state index >= 15 is 0 Å². The first-order valence-electron chi connectivity index (χ1n) is 10.9. The van der Waals surface area contributed by atoms with Gasteiger partial charge in [-0.15, -0.1) is 0 Å². The van der Waals surface area contributed by atoms with Gasteiger partial charge in [0.05, 0.1) is 23.5 Å². The molecule has 0 radical (unpaired) electrons. The molecule has 1 aromatic carbocycles. The van der Waals surface area contributed by atoms with Crippen LogP contribution in [0.15, 0.2) is 36.8 Å². The molecule has 14 heteroatoms. The van der Waals surface area contributed by atoms with Gasteiger partial charge in [-0.05, 0) is 43.9 Å². The van der Waals surface area contributed by atoms with Crippen LogP contribution in [0.4, 0.5) is 30.7 Å². The van der Waals surface area contributed by atoms with E-state index in [1.54, 1.807) is 0 Å². The standard InChI is InChI=1S/C24H17ClF7N5O/c1-12-5-16(22(26,23(27,28)29)24(30,31)32)6-13(2)18(12)37-10-15(9-35-37)14-7-17(19(25)34-8-14)20(38)36-21(11-33)3-4-21/h5-10H,3-4H2,1-2H3,(H,36,38). The molecule has 0 spiro atoms. The highest BCUT2D eigenvalue weighted by Crippen LogP contribution is 2.53. The molecule has 1 fully saturated rings. The van der Waals surface area contributed by atoms with E-state index < -0.39 is 35.0 Å². The van der Waals surface area contributed by atoms with Crippen molar-refractivity contribution in [2.45, 2.75) is 50.2 Å². The Labute approximate surface area is 216 Å². The van der Waals surface area contributed by atoms with Crippen molar-refractivity contribution in [3.8, 4) is 22.9 Å². The summed E-state index contributed by atoms with van der Waals surface area (Å²) in [6.07, 6.45) is -7.38. The van der Waals surface area contributed by atoms with Gasteiger partial charge in [0.2, 0.25) is 0 Å². The first kappa shape index (κ1) is 27.4. The summed E-state index contributed by atoms with van der Waals surface area (Å²) in [4.78, 5) is 16.6. The van der Waals surface area contributed by atoms with Gasteiger partial charge in [-0.25, -0.2) is 14.1 Å². The second kappa shape index (κ2) is 8.97. The number of pyridine rings is 1. The average Bonchev–Trinajstić information content (AvgIpc) is 3.42. The Bertz CT molecular complexity index is 1430. The third-order valence-corrected chi connectivity index (χ3v) is 6.52. The number of aromatic nitrogens is 3. The van der Waals surface area contributed by atoms with Crippen molar-refractivity contribution < 1.29 is 35.5 Å². The average molecular weight is 560 g/mol. The number of aryl methyl sites for hydroxylation is 2. The van der Waals surface area contributed by atoms with Crippen LogP contribution in [0.3, 0.4) is 0 Å². The van der Waals surface area contributed by atoms with Crippen LogP contribution in [0.5, 0.6) is 0 Å². The minimum Gasteiger partial charge on any atom is -0.334 e. The molecule has 0 bridgehead atoms. The molecule has 1 saturated carbocycles. The van der Waals surface area contributed by atoms with Crippen LogP contribution < -0.4 is 5.32 Å². The van der Waals surface area contributed by atoms with Gasteiger partial charge in [0.1, 0.15) is 10.7 Å². The maximum Gasteiger partial charge on any atom is 0.435 e. The first-order valence-corrected chi connectivity index (χ1v) is 11.3. The highest BCUT2D eigenvalue weighted by molar-refractivity contribution is 6.32. The van der Waals surface area contributed by atoms with Gasteiger partial charge in [0.25, 0.3) is 5.91 Å². The normalized spacial score (nSPS) is 15.2. The molecule has 0 aliphatic heterocycles. The summed E-state index contributed by atoms with van der Waals surface area (Å²) in [5, 5.41) is 15.8. The molecule has 3 aromatic rings. The number of halogens is 8. The monoisotopic (exact) mass is 559 g/mol. The molecule has 0 saturated heterocycles. The second-order valence-electron chi connectivity index (χ2n) is 9.00. The van der Waals surface area contributed by atoms with E-state index in [-0.39, 0.29) is 27.5 Å². The predicted octanol–water partition coefficient (Wildman–Crippen LogP) is 6.28. The number of hydrogen-bond donors (Lipinski definition) is 1. The quantitative estimate of drug-likeness (QED) is 0.295. The maximum atomic E-state index is 14.6. The van der Waals surface area contributed by atoms with Gasteiger partial charge in [0.15, 0.2) is 0 Å². The van der Waals surface area contributed by atoms with Crippen LogP contribution >= 0.6 is 11.6 Å². The van der Waals surface area contributed by atoms with Gasteiger partial charge in [-0.1, -0.05) is 23.7 Å².